The predicted molar refractivity (Wildman–Crippen MR) is 85.7 cm³/mol. The Labute approximate surface area is 146 Å². The van der Waals surface area contributed by atoms with Crippen molar-refractivity contribution in [3.05, 3.63) is 45.8 Å². The van der Waals surface area contributed by atoms with Crippen LogP contribution >= 0.6 is 23.2 Å². The van der Waals surface area contributed by atoms with Crippen molar-refractivity contribution in [2.75, 3.05) is 18.6 Å². The summed E-state index contributed by atoms with van der Waals surface area (Å²) < 4.78 is 9.99. The topological polar surface area (TPSA) is 105 Å². The monoisotopic (exact) mass is 373 g/mol. The van der Waals surface area contributed by atoms with Gasteiger partial charge >= 0.3 is 6.09 Å². The average Bonchev–Trinajstić information content (AvgIpc) is 3.04. The van der Waals surface area contributed by atoms with Gasteiger partial charge in [0.05, 0.1) is 10.0 Å². The van der Waals surface area contributed by atoms with E-state index in [1.165, 1.54) is 23.5 Å². The molecule has 0 radical (unpaired) electrons. The van der Waals surface area contributed by atoms with Crippen LogP contribution < -0.4 is 10.4 Å². The molecule has 1 aromatic heterocycles. The van der Waals surface area contributed by atoms with Gasteiger partial charge in [-0.3, -0.25) is 14.9 Å². The van der Waals surface area contributed by atoms with Gasteiger partial charge in [0.2, 0.25) is 0 Å². The molecule has 2 amide bonds. The Balaban J connectivity index is 1.87. The molecule has 2 rings (SSSR count). The van der Waals surface area contributed by atoms with E-state index in [-0.39, 0.29) is 18.7 Å². The summed E-state index contributed by atoms with van der Waals surface area (Å²) in [6.45, 7) is 0.0138. The lowest BCUT2D eigenvalue weighted by molar-refractivity contribution is 0.0696. The fourth-order valence-corrected chi connectivity index (χ4v) is 2.02. The van der Waals surface area contributed by atoms with Crippen LogP contribution in [-0.2, 0) is 11.2 Å². The molecule has 8 nitrogen and oxygen atoms in total. The molecule has 2 N–H and O–H groups in total. The second-order valence-electron chi connectivity index (χ2n) is 4.64. The minimum Gasteiger partial charge on any atom is -0.449 e. The number of hydrogen-bond acceptors (Lipinski definition) is 6. The number of carbonyl (C=O) groups excluding carboxylic acids is 2. The third-order valence-electron chi connectivity index (χ3n) is 3.03. The van der Waals surface area contributed by atoms with Crippen molar-refractivity contribution < 1.29 is 24.1 Å². The normalized spacial score (nSPS) is 10.3. The number of benzene rings is 1. The Kier molecular flexibility index (Phi) is 6.02. The second kappa shape index (κ2) is 8.00. The molecule has 0 aliphatic rings. The summed E-state index contributed by atoms with van der Waals surface area (Å²) in [5.74, 6) is -0.458. The van der Waals surface area contributed by atoms with Gasteiger partial charge in [-0.25, -0.2) is 10.3 Å². The molecule has 0 unspecified atom stereocenters. The number of aromatic nitrogens is 1. The van der Waals surface area contributed by atoms with Crippen LogP contribution in [0.3, 0.4) is 0 Å². The van der Waals surface area contributed by atoms with E-state index >= 15 is 0 Å². The maximum Gasteiger partial charge on any atom is 0.414 e. The number of hydrogen-bond donors (Lipinski definition) is 2. The van der Waals surface area contributed by atoms with Gasteiger partial charge in [-0.1, -0.05) is 28.4 Å². The fraction of sp³-hybridized carbons (Fsp3) is 0.214. The van der Waals surface area contributed by atoms with E-state index < -0.39 is 12.0 Å². The highest BCUT2D eigenvalue weighted by Gasteiger charge is 2.15. The molecule has 0 spiro atoms. The summed E-state index contributed by atoms with van der Waals surface area (Å²) in [5, 5.41) is 12.6. The van der Waals surface area contributed by atoms with Gasteiger partial charge in [-0.15, -0.1) is 0 Å². The van der Waals surface area contributed by atoms with Gasteiger partial charge < -0.3 is 9.26 Å². The third kappa shape index (κ3) is 4.38. The molecule has 2 aromatic rings. The molecule has 24 heavy (non-hydrogen) atoms. The number of nitrogens with zero attached hydrogens (tertiary/aromatic N) is 2. The summed E-state index contributed by atoms with van der Waals surface area (Å²) in [6, 6.07) is 6.08. The largest absolute Gasteiger partial charge is 0.449 e. The van der Waals surface area contributed by atoms with E-state index in [1.54, 1.807) is 18.2 Å². The quantitative estimate of drug-likeness (QED) is 0.616. The molecule has 0 aliphatic carbocycles. The van der Waals surface area contributed by atoms with Gasteiger partial charge in [0.1, 0.15) is 12.4 Å². The molecule has 0 saturated carbocycles. The SMILES string of the molecule is CN(C(=O)OCCc1cc(C(=O)NO)no1)c1ccc(Cl)c(Cl)c1. The molecule has 0 atom stereocenters. The van der Waals surface area contributed by atoms with Crippen molar-refractivity contribution in [2.45, 2.75) is 6.42 Å². The molecule has 0 saturated heterocycles. The Morgan fingerprint density at radius 3 is 2.75 bits per heavy atom. The molecule has 128 valence electrons. The summed E-state index contributed by atoms with van der Waals surface area (Å²) in [5.41, 5.74) is 1.88. The lowest BCUT2D eigenvalue weighted by atomic mass is 10.3. The van der Waals surface area contributed by atoms with Crippen molar-refractivity contribution in [3.63, 3.8) is 0 Å². The van der Waals surface area contributed by atoms with Crippen LogP contribution in [0.4, 0.5) is 10.5 Å². The Morgan fingerprint density at radius 1 is 1.33 bits per heavy atom. The van der Waals surface area contributed by atoms with E-state index in [2.05, 4.69) is 5.16 Å². The fourth-order valence-electron chi connectivity index (χ4n) is 1.73. The first-order chi connectivity index (χ1) is 11.4. The van der Waals surface area contributed by atoms with Crippen LogP contribution in [0.1, 0.15) is 16.2 Å². The molecule has 10 heteroatoms. The average molecular weight is 374 g/mol. The number of nitrogens with one attached hydrogen (secondary N) is 1. The van der Waals surface area contributed by atoms with Gasteiger partial charge in [0, 0.05) is 25.2 Å². The zero-order valence-corrected chi connectivity index (χ0v) is 14.0. The number of rotatable bonds is 5. The van der Waals surface area contributed by atoms with E-state index in [4.69, 9.17) is 37.7 Å². The smallest absolute Gasteiger partial charge is 0.414 e. The van der Waals surface area contributed by atoms with Crippen LogP contribution in [0, 0.1) is 0 Å². The molecular formula is C14H13Cl2N3O5. The van der Waals surface area contributed by atoms with E-state index in [1.807, 2.05) is 0 Å². The lowest BCUT2D eigenvalue weighted by Crippen LogP contribution is -2.27. The van der Waals surface area contributed by atoms with Crippen molar-refractivity contribution in [1.82, 2.24) is 10.6 Å². The maximum atomic E-state index is 12.0. The highest BCUT2D eigenvalue weighted by atomic mass is 35.5. The summed E-state index contributed by atoms with van der Waals surface area (Å²) in [4.78, 5) is 24.4. The van der Waals surface area contributed by atoms with Crippen LogP contribution in [-0.4, -0.2) is 36.0 Å². The zero-order valence-electron chi connectivity index (χ0n) is 12.5. The highest BCUT2D eigenvalue weighted by molar-refractivity contribution is 6.42. The van der Waals surface area contributed by atoms with E-state index in [0.717, 1.165) is 0 Å². The van der Waals surface area contributed by atoms with Crippen molar-refractivity contribution in [3.8, 4) is 0 Å². The van der Waals surface area contributed by atoms with Crippen LogP contribution in [0.15, 0.2) is 28.8 Å². The lowest BCUT2D eigenvalue weighted by Gasteiger charge is -2.17. The molecule has 0 bridgehead atoms. The zero-order chi connectivity index (χ0) is 17.7. The number of carbonyl (C=O) groups is 2. The number of halogens is 2. The summed E-state index contributed by atoms with van der Waals surface area (Å²) in [7, 11) is 1.53. The Hall–Kier alpha value is -2.29. The molecular weight excluding hydrogens is 361 g/mol. The third-order valence-corrected chi connectivity index (χ3v) is 3.77. The first kappa shape index (κ1) is 18.1. The molecule has 1 aromatic carbocycles. The number of amides is 2. The van der Waals surface area contributed by atoms with Gasteiger partial charge in [-0.05, 0) is 18.2 Å². The second-order valence-corrected chi connectivity index (χ2v) is 5.46. The number of hydroxylamine groups is 1. The minimum atomic E-state index is -0.790. The van der Waals surface area contributed by atoms with Gasteiger partial charge in [0.15, 0.2) is 5.69 Å². The van der Waals surface area contributed by atoms with Crippen molar-refractivity contribution >= 4 is 40.9 Å². The van der Waals surface area contributed by atoms with Crippen molar-refractivity contribution in [2.24, 2.45) is 0 Å². The maximum absolute atomic E-state index is 12.0. The molecule has 0 aliphatic heterocycles. The van der Waals surface area contributed by atoms with Crippen molar-refractivity contribution in [1.29, 1.82) is 0 Å². The Morgan fingerprint density at radius 2 is 2.08 bits per heavy atom. The van der Waals surface area contributed by atoms with E-state index in [9.17, 15) is 9.59 Å². The number of ether oxygens (including phenoxy) is 1. The standard InChI is InChI=1S/C14H13Cl2N3O5/c1-19(8-2-3-10(15)11(16)6-8)14(21)23-5-4-9-7-12(18-24-9)13(20)17-22/h2-3,6-7,22H,4-5H2,1H3,(H,17,20). The van der Waals surface area contributed by atoms with Gasteiger partial charge in [0.25, 0.3) is 5.91 Å². The van der Waals surface area contributed by atoms with Crippen LogP contribution in [0.2, 0.25) is 10.0 Å². The van der Waals surface area contributed by atoms with E-state index in [0.29, 0.717) is 21.5 Å². The molecule has 1 heterocycles. The number of anilines is 1. The minimum absolute atomic E-state index is 0.0138. The Bertz CT molecular complexity index is 750. The predicted octanol–water partition coefficient (Wildman–Crippen LogP) is 2.92. The first-order valence-electron chi connectivity index (χ1n) is 6.68. The molecule has 0 fully saturated rings. The highest BCUT2D eigenvalue weighted by Crippen LogP contribution is 2.26. The van der Waals surface area contributed by atoms with Crippen LogP contribution in [0.25, 0.3) is 0 Å². The summed E-state index contributed by atoms with van der Waals surface area (Å²) >= 11 is 11.7. The summed E-state index contributed by atoms with van der Waals surface area (Å²) in [6.07, 6.45) is -0.381. The van der Waals surface area contributed by atoms with Crippen LogP contribution in [0.5, 0.6) is 0 Å². The first-order valence-corrected chi connectivity index (χ1v) is 7.43. The van der Waals surface area contributed by atoms with Gasteiger partial charge in [-0.2, -0.15) is 0 Å².